The van der Waals surface area contributed by atoms with Crippen molar-refractivity contribution in [3.05, 3.63) is 76.2 Å². The van der Waals surface area contributed by atoms with E-state index in [1.165, 1.54) is 0 Å². The minimum Gasteiger partial charge on any atom is -0.340 e. The maximum atomic E-state index is 12.6. The maximum Gasteiger partial charge on any atom is 0.274 e. The van der Waals surface area contributed by atoms with Crippen LogP contribution in [0.3, 0.4) is 0 Å². The normalized spacial score (nSPS) is 10.5. The average Bonchev–Trinajstić information content (AvgIpc) is 2.59. The standard InChI is InChI=1S/C20H19ClN4O/c1-12-6-4-5-7-16(12)25-20(26)18-11-19(23-14(3)22-18)24-17-9-8-15(21)10-13(17)2/h4-11H,1-3H3,(H,25,26)(H,22,23,24). The van der Waals surface area contributed by atoms with Crippen LogP contribution in [0, 0.1) is 20.8 Å². The number of amides is 1. The summed E-state index contributed by atoms with van der Waals surface area (Å²) in [6.45, 7) is 5.65. The van der Waals surface area contributed by atoms with Crippen molar-refractivity contribution in [2.24, 2.45) is 0 Å². The lowest BCUT2D eigenvalue weighted by Gasteiger charge is -2.12. The molecule has 5 nitrogen and oxygen atoms in total. The third kappa shape index (κ3) is 4.18. The largest absolute Gasteiger partial charge is 0.340 e. The number of rotatable bonds is 4. The first-order valence-electron chi connectivity index (χ1n) is 8.18. The van der Waals surface area contributed by atoms with Crippen molar-refractivity contribution in [1.82, 2.24) is 9.97 Å². The molecule has 0 atom stereocenters. The molecule has 0 aliphatic heterocycles. The molecular formula is C20H19ClN4O. The zero-order valence-corrected chi connectivity index (χ0v) is 15.6. The van der Waals surface area contributed by atoms with Crippen molar-refractivity contribution in [3.63, 3.8) is 0 Å². The zero-order valence-electron chi connectivity index (χ0n) is 14.8. The molecule has 6 heteroatoms. The second-order valence-corrected chi connectivity index (χ2v) is 6.48. The van der Waals surface area contributed by atoms with E-state index < -0.39 is 0 Å². The molecule has 0 unspecified atom stereocenters. The molecule has 0 radical (unpaired) electrons. The van der Waals surface area contributed by atoms with Crippen molar-refractivity contribution < 1.29 is 4.79 Å². The van der Waals surface area contributed by atoms with Crippen LogP contribution >= 0.6 is 11.6 Å². The van der Waals surface area contributed by atoms with Gasteiger partial charge in [-0.05, 0) is 56.2 Å². The van der Waals surface area contributed by atoms with Crippen molar-refractivity contribution in [1.29, 1.82) is 0 Å². The van der Waals surface area contributed by atoms with E-state index in [0.29, 0.717) is 22.4 Å². The summed E-state index contributed by atoms with van der Waals surface area (Å²) in [4.78, 5) is 21.2. The van der Waals surface area contributed by atoms with Gasteiger partial charge < -0.3 is 10.6 Å². The molecule has 0 fully saturated rings. The fraction of sp³-hybridized carbons (Fsp3) is 0.150. The summed E-state index contributed by atoms with van der Waals surface area (Å²) in [5.74, 6) is 0.787. The number of nitrogens with one attached hydrogen (secondary N) is 2. The third-order valence-corrected chi connectivity index (χ3v) is 4.15. The van der Waals surface area contributed by atoms with Gasteiger partial charge in [-0.25, -0.2) is 9.97 Å². The lowest BCUT2D eigenvalue weighted by molar-refractivity contribution is 0.102. The number of aryl methyl sites for hydroxylation is 3. The minimum atomic E-state index is -0.277. The molecular weight excluding hydrogens is 348 g/mol. The minimum absolute atomic E-state index is 0.277. The number of carbonyl (C=O) groups excluding carboxylic acids is 1. The highest BCUT2D eigenvalue weighted by Gasteiger charge is 2.12. The Hall–Kier alpha value is -2.92. The number of nitrogens with zero attached hydrogens (tertiary/aromatic N) is 2. The van der Waals surface area contributed by atoms with Crippen molar-refractivity contribution in [3.8, 4) is 0 Å². The Morgan fingerprint density at radius 1 is 0.923 bits per heavy atom. The number of benzene rings is 2. The van der Waals surface area contributed by atoms with Crippen LogP contribution in [0.4, 0.5) is 17.2 Å². The Morgan fingerprint density at radius 3 is 2.42 bits per heavy atom. The number of carbonyl (C=O) groups is 1. The van der Waals surface area contributed by atoms with E-state index in [1.54, 1.807) is 19.1 Å². The molecule has 2 aromatic carbocycles. The predicted octanol–water partition coefficient (Wildman–Crippen LogP) is 5.05. The van der Waals surface area contributed by atoms with Crippen molar-refractivity contribution in [2.45, 2.75) is 20.8 Å². The van der Waals surface area contributed by atoms with Gasteiger partial charge in [-0.1, -0.05) is 29.8 Å². The molecule has 3 rings (SSSR count). The topological polar surface area (TPSA) is 66.9 Å². The van der Waals surface area contributed by atoms with Gasteiger partial charge in [-0.3, -0.25) is 4.79 Å². The number of halogens is 1. The molecule has 0 saturated heterocycles. The van der Waals surface area contributed by atoms with E-state index in [2.05, 4.69) is 20.6 Å². The first kappa shape index (κ1) is 17.9. The predicted molar refractivity (Wildman–Crippen MR) is 105 cm³/mol. The summed E-state index contributed by atoms with van der Waals surface area (Å²) in [5.41, 5.74) is 3.91. The van der Waals surface area contributed by atoms with E-state index in [9.17, 15) is 4.79 Å². The molecule has 0 saturated carbocycles. The van der Waals surface area contributed by atoms with E-state index in [1.807, 2.05) is 50.2 Å². The number of hydrogen-bond donors (Lipinski definition) is 2. The van der Waals surface area contributed by atoms with Crippen LogP contribution in [-0.2, 0) is 0 Å². The first-order valence-corrected chi connectivity index (χ1v) is 8.56. The Morgan fingerprint density at radius 2 is 1.69 bits per heavy atom. The van der Waals surface area contributed by atoms with Gasteiger partial charge in [0.2, 0.25) is 0 Å². The Labute approximate surface area is 157 Å². The highest BCUT2D eigenvalue weighted by atomic mass is 35.5. The Balaban J connectivity index is 1.85. The van der Waals surface area contributed by atoms with Gasteiger partial charge in [0.1, 0.15) is 17.3 Å². The summed E-state index contributed by atoms with van der Waals surface area (Å²) in [5, 5.41) is 6.78. The van der Waals surface area contributed by atoms with Gasteiger partial charge in [-0.15, -0.1) is 0 Å². The fourth-order valence-electron chi connectivity index (χ4n) is 2.55. The number of para-hydroxylation sites is 1. The lowest BCUT2D eigenvalue weighted by atomic mass is 10.2. The van der Waals surface area contributed by atoms with E-state index in [0.717, 1.165) is 22.5 Å². The number of aromatic nitrogens is 2. The molecule has 0 bridgehead atoms. The fourth-order valence-corrected chi connectivity index (χ4v) is 2.78. The molecule has 3 aromatic rings. The summed E-state index contributed by atoms with van der Waals surface area (Å²) < 4.78 is 0. The highest BCUT2D eigenvalue weighted by molar-refractivity contribution is 6.30. The monoisotopic (exact) mass is 366 g/mol. The van der Waals surface area contributed by atoms with Crippen LogP contribution in [0.1, 0.15) is 27.4 Å². The highest BCUT2D eigenvalue weighted by Crippen LogP contribution is 2.23. The quantitative estimate of drug-likeness (QED) is 0.678. The maximum absolute atomic E-state index is 12.6. The summed E-state index contributed by atoms with van der Waals surface area (Å²) >= 11 is 6.00. The smallest absolute Gasteiger partial charge is 0.274 e. The summed E-state index contributed by atoms with van der Waals surface area (Å²) in [6, 6.07) is 14.8. The van der Waals surface area contributed by atoms with Crippen LogP contribution in [0.5, 0.6) is 0 Å². The zero-order chi connectivity index (χ0) is 18.7. The molecule has 0 spiro atoms. The molecule has 26 heavy (non-hydrogen) atoms. The summed E-state index contributed by atoms with van der Waals surface area (Å²) in [6.07, 6.45) is 0. The van der Waals surface area contributed by atoms with E-state index in [-0.39, 0.29) is 5.91 Å². The number of anilines is 3. The SMILES string of the molecule is Cc1nc(Nc2ccc(Cl)cc2C)cc(C(=O)Nc2ccccc2C)n1. The van der Waals surface area contributed by atoms with Crippen molar-refractivity contribution in [2.75, 3.05) is 10.6 Å². The van der Waals surface area contributed by atoms with Crippen LogP contribution in [0.15, 0.2) is 48.5 Å². The second kappa shape index (κ2) is 7.54. The molecule has 1 amide bonds. The average molecular weight is 367 g/mol. The first-order chi connectivity index (χ1) is 12.4. The van der Waals surface area contributed by atoms with E-state index in [4.69, 9.17) is 11.6 Å². The van der Waals surface area contributed by atoms with Gasteiger partial charge in [0, 0.05) is 22.5 Å². The molecule has 2 N–H and O–H groups in total. The van der Waals surface area contributed by atoms with Gasteiger partial charge in [0.05, 0.1) is 0 Å². The Kier molecular flexibility index (Phi) is 5.19. The third-order valence-electron chi connectivity index (χ3n) is 3.92. The van der Waals surface area contributed by atoms with Crippen LogP contribution < -0.4 is 10.6 Å². The number of hydrogen-bond acceptors (Lipinski definition) is 4. The molecule has 1 aromatic heterocycles. The van der Waals surface area contributed by atoms with Gasteiger partial charge in [0.15, 0.2) is 0 Å². The van der Waals surface area contributed by atoms with E-state index >= 15 is 0 Å². The van der Waals surface area contributed by atoms with Gasteiger partial charge >= 0.3 is 0 Å². The van der Waals surface area contributed by atoms with Gasteiger partial charge in [0.25, 0.3) is 5.91 Å². The second-order valence-electron chi connectivity index (χ2n) is 6.04. The summed E-state index contributed by atoms with van der Waals surface area (Å²) in [7, 11) is 0. The Bertz CT molecular complexity index is 972. The molecule has 132 valence electrons. The van der Waals surface area contributed by atoms with Gasteiger partial charge in [-0.2, -0.15) is 0 Å². The lowest BCUT2D eigenvalue weighted by Crippen LogP contribution is -2.16. The van der Waals surface area contributed by atoms with Crippen molar-refractivity contribution >= 4 is 34.7 Å². The molecule has 1 heterocycles. The molecule has 0 aliphatic carbocycles. The van der Waals surface area contributed by atoms with Crippen LogP contribution in [-0.4, -0.2) is 15.9 Å². The van der Waals surface area contributed by atoms with Crippen LogP contribution in [0.2, 0.25) is 5.02 Å². The van der Waals surface area contributed by atoms with Crippen LogP contribution in [0.25, 0.3) is 0 Å². The molecule has 0 aliphatic rings.